The van der Waals surface area contributed by atoms with Gasteiger partial charge in [0.25, 0.3) is 5.91 Å². The zero-order valence-corrected chi connectivity index (χ0v) is 20.3. The second kappa shape index (κ2) is 10.4. The van der Waals surface area contributed by atoms with Gasteiger partial charge in [-0.3, -0.25) is 9.48 Å². The minimum absolute atomic E-state index is 0.0519. The molecule has 0 bridgehead atoms. The molecule has 1 aromatic heterocycles. The average Bonchev–Trinajstić information content (AvgIpc) is 3.26. The minimum atomic E-state index is 0.0519. The summed E-state index contributed by atoms with van der Waals surface area (Å²) in [6.45, 7) is 8.04. The molecule has 3 aliphatic rings. The SMILES string of the molecule is C=CCn1nc(C(=O)N2CCOCC2)c2c1CC[C@@H](NCC1(c3ccccc3)CCCCC1)C2. The second-order valence-corrected chi connectivity index (χ2v) is 10.2. The number of allylic oxidation sites excluding steroid dienone is 1. The monoisotopic (exact) mass is 462 g/mol. The molecule has 1 saturated carbocycles. The molecular formula is C28H38N4O2. The summed E-state index contributed by atoms with van der Waals surface area (Å²) in [5.41, 5.74) is 4.69. The Morgan fingerprint density at radius 3 is 2.68 bits per heavy atom. The molecule has 2 aliphatic carbocycles. The smallest absolute Gasteiger partial charge is 0.274 e. The van der Waals surface area contributed by atoms with E-state index in [0.717, 1.165) is 31.4 Å². The predicted octanol–water partition coefficient (Wildman–Crippen LogP) is 3.89. The summed E-state index contributed by atoms with van der Waals surface area (Å²) in [7, 11) is 0. The maximum Gasteiger partial charge on any atom is 0.274 e. The maximum absolute atomic E-state index is 13.4. The zero-order valence-electron chi connectivity index (χ0n) is 20.3. The van der Waals surface area contributed by atoms with Crippen LogP contribution in [0, 0.1) is 0 Å². The third-order valence-electron chi connectivity index (χ3n) is 8.08. The largest absolute Gasteiger partial charge is 0.378 e. The third kappa shape index (κ3) is 4.71. The highest BCUT2D eigenvalue weighted by molar-refractivity contribution is 5.94. The first-order chi connectivity index (χ1) is 16.7. The van der Waals surface area contributed by atoms with Crippen LogP contribution in [0.4, 0.5) is 0 Å². The van der Waals surface area contributed by atoms with Crippen LogP contribution >= 0.6 is 0 Å². The van der Waals surface area contributed by atoms with Crippen LogP contribution in [-0.2, 0) is 29.5 Å². The van der Waals surface area contributed by atoms with Crippen LogP contribution in [0.1, 0.15) is 65.8 Å². The Bertz CT molecular complexity index is 987. The van der Waals surface area contributed by atoms with Crippen molar-refractivity contribution in [2.75, 3.05) is 32.8 Å². The molecule has 0 unspecified atom stereocenters. The van der Waals surface area contributed by atoms with Crippen molar-refractivity contribution >= 4 is 5.91 Å². The molecule has 2 aromatic rings. The molecule has 0 spiro atoms. The first-order valence-corrected chi connectivity index (χ1v) is 13.1. The van der Waals surface area contributed by atoms with Crippen LogP contribution in [0.5, 0.6) is 0 Å². The van der Waals surface area contributed by atoms with Crippen LogP contribution in [0.2, 0.25) is 0 Å². The summed E-state index contributed by atoms with van der Waals surface area (Å²) in [5.74, 6) is 0.0519. The highest BCUT2D eigenvalue weighted by Crippen LogP contribution is 2.39. The van der Waals surface area contributed by atoms with Gasteiger partial charge in [0.15, 0.2) is 5.69 Å². The number of amides is 1. The number of aromatic nitrogens is 2. The lowest BCUT2D eigenvalue weighted by molar-refractivity contribution is 0.0297. The maximum atomic E-state index is 13.4. The van der Waals surface area contributed by atoms with Gasteiger partial charge >= 0.3 is 0 Å². The number of carbonyl (C=O) groups is 1. The lowest BCUT2D eigenvalue weighted by atomic mass is 9.69. The van der Waals surface area contributed by atoms with E-state index < -0.39 is 0 Å². The molecule has 6 heteroatoms. The molecule has 2 heterocycles. The van der Waals surface area contributed by atoms with Crippen LogP contribution in [0.25, 0.3) is 0 Å². The van der Waals surface area contributed by atoms with Crippen molar-refractivity contribution in [1.29, 1.82) is 0 Å². The fourth-order valence-corrected chi connectivity index (χ4v) is 6.15. The number of fused-ring (bicyclic) bond motifs is 1. The third-order valence-corrected chi connectivity index (χ3v) is 8.08. The van der Waals surface area contributed by atoms with Gasteiger partial charge < -0.3 is 15.0 Å². The Hall–Kier alpha value is -2.44. The van der Waals surface area contributed by atoms with Crippen LogP contribution in [0.3, 0.4) is 0 Å². The van der Waals surface area contributed by atoms with E-state index in [2.05, 4.69) is 42.2 Å². The molecule has 1 N–H and O–H groups in total. The number of benzene rings is 1. The van der Waals surface area contributed by atoms with Gasteiger partial charge in [0.1, 0.15) is 0 Å². The van der Waals surface area contributed by atoms with E-state index in [9.17, 15) is 4.79 Å². The predicted molar refractivity (Wildman–Crippen MR) is 134 cm³/mol. The quantitative estimate of drug-likeness (QED) is 0.635. The van der Waals surface area contributed by atoms with Crippen LogP contribution in [0.15, 0.2) is 43.0 Å². The number of morpholine rings is 1. The number of ether oxygens (including phenoxy) is 1. The Morgan fingerprint density at radius 2 is 1.94 bits per heavy atom. The highest BCUT2D eigenvalue weighted by atomic mass is 16.5. The molecule has 1 atom stereocenters. The van der Waals surface area contributed by atoms with Gasteiger partial charge in [-0.05, 0) is 37.7 Å². The molecule has 0 radical (unpaired) electrons. The van der Waals surface area contributed by atoms with Gasteiger partial charge in [-0.1, -0.05) is 55.7 Å². The number of nitrogens with one attached hydrogen (secondary N) is 1. The van der Waals surface area contributed by atoms with Crippen LogP contribution < -0.4 is 5.32 Å². The first kappa shape index (κ1) is 23.3. The molecule has 182 valence electrons. The molecule has 1 amide bonds. The topological polar surface area (TPSA) is 59.4 Å². The highest BCUT2D eigenvalue weighted by Gasteiger charge is 2.36. The average molecular weight is 463 g/mol. The number of rotatable bonds is 7. The second-order valence-electron chi connectivity index (χ2n) is 10.2. The molecular weight excluding hydrogens is 424 g/mol. The van der Waals surface area contributed by atoms with Crippen molar-refractivity contribution < 1.29 is 9.53 Å². The van der Waals surface area contributed by atoms with Crippen molar-refractivity contribution in [2.24, 2.45) is 0 Å². The van der Waals surface area contributed by atoms with Gasteiger partial charge in [-0.25, -0.2) is 0 Å². The number of carbonyl (C=O) groups excluding carboxylic acids is 1. The summed E-state index contributed by atoms with van der Waals surface area (Å²) in [5, 5.41) is 8.74. The first-order valence-electron chi connectivity index (χ1n) is 13.1. The number of nitrogens with zero attached hydrogens (tertiary/aromatic N) is 3. The molecule has 1 aliphatic heterocycles. The van der Waals surface area contributed by atoms with E-state index in [4.69, 9.17) is 9.84 Å². The van der Waals surface area contributed by atoms with Gasteiger partial charge in [0.2, 0.25) is 0 Å². The fourth-order valence-electron chi connectivity index (χ4n) is 6.15. The Kier molecular flexibility index (Phi) is 7.16. The van der Waals surface area contributed by atoms with Crippen molar-refractivity contribution in [3.05, 3.63) is 65.5 Å². The molecule has 34 heavy (non-hydrogen) atoms. The van der Waals surface area contributed by atoms with E-state index in [1.165, 1.54) is 43.4 Å². The van der Waals surface area contributed by atoms with Gasteiger partial charge in [-0.2, -0.15) is 5.10 Å². The van der Waals surface area contributed by atoms with Crippen molar-refractivity contribution in [1.82, 2.24) is 20.0 Å². The summed E-state index contributed by atoms with van der Waals surface area (Å²) < 4.78 is 7.45. The molecule has 1 saturated heterocycles. The lowest BCUT2D eigenvalue weighted by Crippen LogP contribution is -2.46. The molecule has 6 nitrogen and oxygen atoms in total. The summed E-state index contributed by atoms with van der Waals surface area (Å²) in [4.78, 5) is 15.3. The van der Waals surface area contributed by atoms with E-state index in [0.29, 0.717) is 44.6 Å². The molecule has 5 rings (SSSR count). The van der Waals surface area contributed by atoms with E-state index in [1.54, 1.807) is 0 Å². The standard InChI is InChI=1S/C28H38N4O2/c1-2-15-32-25-12-11-23(20-24(25)26(30-32)27(33)31-16-18-34-19-17-31)29-21-28(13-7-4-8-14-28)22-9-5-3-6-10-22/h2-3,5-6,9-10,23,29H,1,4,7-8,11-21H2/t23-/m1/s1. The Morgan fingerprint density at radius 1 is 1.18 bits per heavy atom. The van der Waals surface area contributed by atoms with E-state index in [1.807, 2.05) is 15.7 Å². The normalized spacial score (nSPS) is 22.2. The van der Waals surface area contributed by atoms with Gasteiger partial charge in [0.05, 0.1) is 19.8 Å². The van der Waals surface area contributed by atoms with Crippen molar-refractivity contribution in [2.45, 2.75) is 69.4 Å². The fraction of sp³-hybridized carbons (Fsp3) is 0.571. The van der Waals surface area contributed by atoms with E-state index >= 15 is 0 Å². The van der Waals surface area contributed by atoms with Gasteiger partial charge in [-0.15, -0.1) is 6.58 Å². The van der Waals surface area contributed by atoms with E-state index in [-0.39, 0.29) is 11.3 Å². The number of hydrogen-bond acceptors (Lipinski definition) is 4. The summed E-state index contributed by atoms with van der Waals surface area (Å²) in [6, 6.07) is 11.5. The van der Waals surface area contributed by atoms with Gasteiger partial charge in [0, 0.05) is 42.3 Å². The zero-order chi connectivity index (χ0) is 23.4. The Labute approximate surface area is 203 Å². The van der Waals surface area contributed by atoms with Crippen LogP contribution in [-0.4, -0.2) is 59.5 Å². The van der Waals surface area contributed by atoms with Crippen molar-refractivity contribution in [3.8, 4) is 0 Å². The Balaban J connectivity index is 1.34. The summed E-state index contributed by atoms with van der Waals surface area (Å²) >= 11 is 0. The minimum Gasteiger partial charge on any atom is -0.378 e. The van der Waals surface area contributed by atoms with Crippen molar-refractivity contribution in [3.63, 3.8) is 0 Å². The molecule has 1 aromatic carbocycles. The lowest BCUT2D eigenvalue weighted by Gasteiger charge is -2.40. The summed E-state index contributed by atoms with van der Waals surface area (Å²) in [6.07, 6.45) is 11.2. The molecule has 2 fully saturated rings. The number of hydrogen-bond donors (Lipinski definition) is 1.